The Labute approximate surface area is 195 Å². The summed E-state index contributed by atoms with van der Waals surface area (Å²) in [5.41, 5.74) is 2.05. The van der Waals surface area contributed by atoms with Crippen LogP contribution in [0.2, 0.25) is 0 Å². The Morgan fingerprint density at radius 1 is 0.970 bits per heavy atom. The molecule has 1 N–H and O–H groups in total. The number of amides is 2. The van der Waals surface area contributed by atoms with Gasteiger partial charge in [-0.2, -0.15) is 0 Å². The van der Waals surface area contributed by atoms with E-state index >= 15 is 0 Å². The number of carbonyl (C=O) groups is 2. The number of nitrogens with zero attached hydrogens (tertiary/aromatic N) is 1. The van der Waals surface area contributed by atoms with E-state index < -0.39 is 17.7 Å². The maximum Gasteiger partial charge on any atom is 0.410 e. The summed E-state index contributed by atoms with van der Waals surface area (Å²) in [6.07, 6.45) is 4.91. The summed E-state index contributed by atoms with van der Waals surface area (Å²) >= 11 is 0. The average molecular weight is 453 g/mol. The third kappa shape index (κ3) is 6.51. The standard InChI is InChI=1S/C26H32N2O5/c1-26(2,3)33-25(30)28-16-6-7-21(28)24(29)27-20-13-10-18(11-14-20)8-9-19-12-15-22(31-4)23(17-19)32-5/h8-15,17,21H,6-7,16H2,1-5H3,(H,27,29)/b9-8+/t21-/m1/s1. The molecular formula is C26H32N2O5. The van der Waals surface area contributed by atoms with Crippen molar-refractivity contribution < 1.29 is 23.8 Å². The molecule has 33 heavy (non-hydrogen) atoms. The van der Waals surface area contributed by atoms with Gasteiger partial charge in [-0.15, -0.1) is 0 Å². The van der Waals surface area contributed by atoms with Crippen LogP contribution in [-0.2, 0) is 9.53 Å². The summed E-state index contributed by atoms with van der Waals surface area (Å²) in [6.45, 7) is 5.97. The predicted molar refractivity (Wildman–Crippen MR) is 130 cm³/mol. The van der Waals surface area contributed by atoms with Crippen molar-refractivity contribution in [2.45, 2.75) is 45.3 Å². The Hall–Kier alpha value is -3.48. The van der Waals surface area contributed by atoms with Crippen molar-refractivity contribution in [2.75, 3.05) is 26.1 Å². The Morgan fingerprint density at radius 2 is 1.61 bits per heavy atom. The number of benzene rings is 2. The quantitative estimate of drug-likeness (QED) is 0.609. The van der Waals surface area contributed by atoms with E-state index in [1.165, 1.54) is 4.90 Å². The maximum absolute atomic E-state index is 12.8. The molecule has 0 bridgehead atoms. The van der Waals surface area contributed by atoms with Gasteiger partial charge in [0.1, 0.15) is 11.6 Å². The highest BCUT2D eigenvalue weighted by Gasteiger charge is 2.36. The number of anilines is 1. The van der Waals surface area contributed by atoms with Crippen LogP contribution >= 0.6 is 0 Å². The Morgan fingerprint density at radius 3 is 2.24 bits per heavy atom. The number of nitrogens with one attached hydrogen (secondary N) is 1. The Kier molecular flexibility index (Phi) is 7.63. The lowest BCUT2D eigenvalue weighted by Crippen LogP contribution is -2.45. The first kappa shape index (κ1) is 24.2. The van der Waals surface area contributed by atoms with E-state index in [-0.39, 0.29) is 5.91 Å². The number of likely N-dealkylation sites (tertiary alicyclic amines) is 1. The van der Waals surface area contributed by atoms with Gasteiger partial charge in [-0.25, -0.2) is 4.79 Å². The topological polar surface area (TPSA) is 77.1 Å². The van der Waals surface area contributed by atoms with Crippen LogP contribution < -0.4 is 14.8 Å². The lowest BCUT2D eigenvalue weighted by Gasteiger charge is -2.28. The van der Waals surface area contributed by atoms with Crippen molar-refractivity contribution in [1.29, 1.82) is 0 Å². The highest BCUT2D eigenvalue weighted by Crippen LogP contribution is 2.28. The molecular weight excluding hydrogens is 420 g/mol. The van der Waals surface area contributed by atoms with Crippen molar-refractivity contribution in [2.24, 2.45) is 0 Å². The van der Waals surface area contributed by atoms with Crippen LogP contribution in [0, 0.1) is 0 Å². The smallest absolute Gasteiger partial charge is 0.410 e. The van der Waals surface area contributed by atoms with Crippen LogP contribution in [0.25, 0.3) is 12.2 Å². The van der Waals surface area contributed by atoms with Crippen LogP contribution in [0.3, 0.4) is 0 Å². The first-order valence-electron chi connectivity index (χ1n) is 11.0. The van der Waals surface area contributed by atoms with Crippen molar-refractivity contribution in [3.8, 4) is 11.5 Å². The molecule has 0 aliphatic carbocycles. The third-order valence-corrected chi connectivity index (χ3v) is 5.24. The molecule has 3 rings (SSSR count). The molecule has 0 unspecified atom stereocenters. The van der Waals surface area contributed by atoms with E-state index in [0.29, 0.717) is 30.2 Å². The van der Waals surface area contributed by atoms with Crippen molar-refractivity contribution in [3.05, 3.63) is 53.6 Å². The number of hydrogen-bond donors (Lipinski definition) is 1. The van der Waals surface area contributed by atoms with Gasteiger partial charge in [0, 0.05) is 12.2 Å². The first-order chi connectivity index (χ1) is 15.7. The maximum atomic E-state index is 12.8. The summed E-state index contributed by atoms with van der Waals surface area (Å²) in [4.78, 5) is 26.8. The van der Waals surface area contributed by atoms with E-state index in [0.717, 1.165) is 17.5 Å². The number of hydrogen-bond acceptors (Lipinski definition) is 5. The average Bonchev–Trinajstić information content (AvgIpc) is 3.28. The molecule has 1 aliphatic heterocycles. The minimum atomic E-state index is -0.596. The zero-order valence-electron chi connectivity index (χ0n) is 19.9. The minimum absolute atomic E-state index is 0.202. The van der Waals surface area contributed by atoms with Gasteiger partial charge in [-0.1, -0.05) is 30.4 Å². The second-order valence-electron chi connectivity index (χ2n) is 8.89. The first-order valence-corrected chi connectivity index (χ1v) is 11.0. The van der Waals surface area contributed by atoms with E-state index in [4.69, 9.17) is 14.2 Å². The molecule has 2 aromatic carbocycles. The molecule has 2 amide bonds. The molecule has 1 saturated heterocycles. The van der Waals surface area contributed by atoms with Gasteiger partial charge in [0.05, 0.1) is 14.2 Å². The van der Waals surface area contributed by atoms with Crippen molar-refractivity contribution in [3.63, 3.8) is 0 Å². The second-order valence-corrected chi connectivity index (χ2v) is 8.89. The molecule has 176 valence electrons. The van der Waals surface area contributed by atoms with Crippen LogP contribution in [0.1, 0.15) is 44.7 Å². The SMILES string of the molecule is COc1ccc(/C=C/c2ccc(NC(=O)[C@H]3CCCN3C(=O)OC(C)(C)C)cc2)cc1OC. The summed E-state index contributed by atoms with van der Waals surface area (Å²) in [6, 6.07) is 12.7. The van der Waals surface area contributed by atoms with E-state index in [1.54, 1.807) is 14.2 Å². The highest BCUT2D eigenvalue weighted by molar-refractivity contribution is 5.97. The predicted octanol–water partition coefficient (Wildman–Crippen LogP) is 5.21. The van der Waals surface area contributed by atoms with E-state index in [2.05, 4.69) is 5.32 Å². The largest absolute Gasteiger partial charge is 0.493 e. The zero-order chi connectivity index (χ0) is 24.0. The van der Waals surface area contributed by atoms with E-state index in [1.807, 2.05) is 75.4 Å². The fourth-order valence-corrected chi connectivity index (χ4v) is 3.63. The van der Waals surface area contributed by atoms with Gasteiger partial charge in [-0.3, -0.25) is 9.69 Å². The lowest BCUT2D eigenvalue weighted by atomic mass is 10.1. The summed E-state index contributed by atoms with van der Waals surface area (Å²) in [5.74, 6) is 1.15. The molecule has 0 spiro atoms. The third-order valence-electron chi connectivity index (χ3n) is 5.24. The molecule has 0 radical (unpaired) electrons. The number of carbonyl (C=O) groups excluding carboxylic acids is 2. The van der Waals surface area contributed by atoms with Crippen molar-refractivity contribution in [1.82, 2.24) is 4.90 Å². The normalized spacial score (nSPS) is 16.0. The monoisotopic (exact) mass is 452 g/mol. The molecule has 1 aliphatic rings. The molecule has 1 heterocycles. The van der Waals surface area contributed by atoms with Crippen LogP contribution in [0.5, 0.6) is 11.5 Å². The fraction of sp³-hybridized carbons (Fsp3) is 0.385. The second kappa shape index (κ2) is 10.4. The number of ether oxygens (including phenoxy) is 3. The lowest BCUT2D eigenvalue weighted by molar-refractivity contribution is -0.120. The molecule has 1 fully saturated rings. The van der Waals surface area contributed by atoms with Crippen molar-refractivity contribution >= 4 is 29.8 Å². The molecule has 0 aromatic heterocycles. The highest BCUT2D eigenvalue weighted by atomic mass is 16.6. The van der Waals surface area contributed by atoms with E-state index in [9.17, 15) is 9.59 Å². The Bertz CT molecular complexity index is 1010. The van der Waals surface area contributed by atoms with Gasteiger partial charge in [0.25, 0.3) is 0 Å². The molecule has 7 nitrogen and oxygen atoms in total. The summed E-state index contributed by atoms with van der Waals surface area (Å²) in [7, 11) is 3.21. The van der Waals surface area contributed by atoms with Crippen LogP contribution in [-0.4, -0.2) is 49.3 Å². The summed E-state index contributed by atoms with van der Waals surface area (Å²) in [5, 5.41) is 2.92. The van der Waals surface area contributed by atoms with Gasteiger partial charge < -0.3 is 19.5 Å². The Balaban J connectivity index is 1.61. The molecule has 0 saturated carbocycles. The number of methoxy groups -OCH3 is 2. The van der Waals surface area contributed by atoms with Gasteiger partial charge in [0.2, 0.25) is 5.91 Å². The zero-order valence-corrected chi connectivity index (χ0v) is 19.9. The summed E-state index contributed by atoms with van der Waals surface area (Å²) < 4.78 is 16.0. The van der Waals surface area contributed by atoms with Gasteiger partial charge in [-0.05, 0) is 69.0 Å². The van der Waals surface area contributed by atoms with Crippen LogP contribution in [0.4, 0.5) is 10.5 Å². The molecule has 2 aromatic rings. The minimum Gasteiger partial charge on any atom is -0.493 e. The number of rotatable bonds is 6. The fourth-order valence-electron chi connectivity index (χ4n) is 3.63. The van der Waals surface area contributed by atoms with Gasteiger partial charge in [0.15, 0.2) is 11.5 Å². The van der Waals surface area contributed by atoms with Crippen LogP contribution in [0.15, 0.2) is 42.5 Å². The van der Waals surface area contributed by atoms with Gasteiger partial charge >= 0.3 is 6.09 Å². The molecule has 7 heteroatoms. The molecule has 1 atom stereocenters.